The predicted molar refractivity (Wildman–Crippen MR) is 96.8 cm³/mol. The molecule has 1 aromatic carbocycles. The highest BCUT2D eigenvalue weighted by atomic mass is 19.1. The summed E-state index contributed by atoms with van der Waals surface area (Å²) in [6, 6.07) is 4.03. The second-order valence-corrected chi connectivity index (χ2v) is 6.99. The maximum Gasteiger partial charge on any atom is 0.241 e. The highest BCUT2D eigenvalue weighted by Crippen LogP contribution is 2.17. The van der Waals surface area contributed by atoms with Crippen LogP contribution in [0.4, 0.5) is 10.1 Å². The maximum absolute atomic E-state index is 13.4. The Bertz CT molecular complexity index is 633. The molecular weight excluding hydrogens is 321 g/mol. The van der Waals surface area contributed by atoms with Gasteiger partial charge in [-0.3, -0.25) is 14.5 Å². The van der Waals surface area contributed by atoms with Crippen LogP contribution in [0.5, 0.6) is 0 Å². The molecule has 5 nitrogen and oxygen atoms in total. The molecule has 2 amide bonds. The summed E-state index contributed by atoms with van der Waals surface area (Å²) in [5.74, 6) is -0.374. The number of carbonyl (C=O) groups excluding carboxylic acids is 2. The summed E-state index contributed by atoms with van der Waals surface area (Å²) in [6.07, 6.45) is 0.842. The minimum absolute atomic E-state index is 0.0109. The molecule has 0 radical (unpaired) electrons. The number of halogens is 1. The lowest BCUT2D eigenvalue weighted by Gasteiger charge is -2.27. The van der Waals surface area contributed by atoms with Crippen LogP contribution < -0.4 is 5.32 Å². The van der Waals surface area contributed by atoms with E-state index in [4.69, 9.17) is 0 Å². The average molecular weight is 349 g/mol. The summed E-state index contributed by atoms with van der Waals surface area (Å²) in [5.41, 5.74) is 1.33. The number of rotatable bonds is 4. The zero-order chi connectivity index (χ0) is 18.6. The Morgan fingerprint density at radius 2 is 1.84 bits per heavy atom. The van der Waals surface area contributed by atoms with Crippen molar-refractivity contribution in [1.82, 2.24) is 9.80 Å². The van der Waals surface area contributed by atoms with Gasteiger partial charge in [0.15, 0.2) is 0 Å². The van der Waals surface area contributed by atoms with Gasteiger partial charge in [0, 0.05) is 37.8 Å². The van der Waals surface area contributed by atoms with Crippen molar-refractivity contribution < 1.29 is 14.0 Å². The number of anilines is 1. The van der Waals surface area contributed by atoms with Gasteiger partial charge in [-0.05, 0) is 38.0 Å². The Labute approximate surface area is 149 Å². The lowest BCUT2D eigenvalue weighted by molar-refractivity contribution is -0.134. The van der Waals surface area contributed by atoms with Crippen molar-refractivity contribution >= 4 is 17.5 Å². The Morgan fingerprint density at radius 3 is 2.52 bits per heavy atom. The molecule has 25 heavy (non-hydrogen) atoms. The second kappa shape index (κ2) is 8.43. The molecule has 1 atom stereocenters. The van der Waals surface area contributed by atoms with Crippen LogP contribution in [0.3, 0.4) is 0 Å². The number of hydrogen-bond donors (Lipinski definition) is 1. The van der Waals surface area contributed by atoms with Crippen molar-refractivity contribution in [3.8, 4) is 0 Å². The Morgan fingerprint density at radius 1 is 1.12 bits per heavy atom. The molecule has 0 bridgehead atoms. The topological polar surface area (TPSA) is 52.7 Å². The lowest BCUT2D eigenvalue weighted by Crippen LogP contribution is -2.44. The van der Waals surface area contributed by atoms with Crippen LogP contribution >= 0.6 is 0 Å². The first-order valence-corrected chi connectivity index (χ1v) is 8.89. The van der Waals surface area contributed by atoms with Crippen LogP contribution in [0.15, 0.2) is 18.2 Å². The standard InChI is InChI=1S/C19H28FN3O2/c1-13(2)19(25)23-9-5-8-22(10-11-23)15(4)18(24)21-17-12-16(20)7-6-14(17)3/h6-7,12-13,15H,5,8-11H2,1-4H3,(H,21,24). The Kier molecular flexibility index (Phi) is 6.53. The molecule has 0 saturated carbocycles. The van der Waals surface area contributed by atoms with Crippen LogP contribution in [0.25, 0.3) is 0 Å². The van der Waals surface area contributed by atoms with Crippen molar-refractivity contribution in [3.05, 3.63) is 29.6 Å². The molecule has 2 rings (SSSR count). The van der Waals surface area contributed by atoms with E-state index in [1.165, 1.54) is 12.1 Å². The van der Waals surface area contributed by atoms with Gasteiger partial charge >= 0.3 is 0 Å². The highest BCUT2D eigenvalue weighted by Gasteiger charge is 2.26. The fraction of sp³-hybridized carbons (Fsp3) is 0.579. The number of amides is 2. The van der Waals surface area contributed by atoms with E-state index in [1.54, 1.807) is 6.07 Å². The van der Waals surface area contributed by atoms with Gasteiger partial charge in [-0.15, -0.1) is 0 Å². The minimum Gasteiger partial charge on any atom is -0.341 e. The zero-order valence-electron chi connectivity index (χ0n) is 15.5. The fourth-order valence-electron chi connectivity index (χ4n) is 3.04. The number of carbonyl (C=O) groups is 2. The summed E-state index contributed by atoms with van der Waals surface area (Å²) in [5, 5.41) is 2.82. The zero-order valence-corrected chi connectivity index (χ0v) is 15.5. The lowest BCUT2D eigenvalue weighted by atomic mass is 10.1. The van der Waals surface area contributed by atoms with Crippen molar-refractivity contribution in [2.45, 2.75) is 40.2 Å². The van der Waals surface area contributed by atoms with Crippen LogP contribution in [0.2, 0.25) is 0 Å². The Balaban J connectivity index is 1.97. The molecule has 0 aliphatic carbocycles. The van der Waals surface area contributed by atoms with Crippen molar-refractivity contribution in [2.75, 3.05) is 31.5 Å². The summed E-state index contributed by atoms with van der Waals surface area (Å²) in [6.45, 7) is 10.3. The molecule has 1 fully saturated rings. The fourth-order valence-corrected chi connectivity index (χ4v) is 3.04. The van der Waals surface area contributed by atoms with Gasteiger partial charge in [0.1, 0.15) is 5.82 Å². The molecule has 1 aliphatic heterocycles. The predicted octanol–water partition coefficient (Wildman–Crippen LogP) is 2.65. The van der Waals surface area contributed by atoms with Crippen molar-refractivity contribution in [3.63, 3.8) is 0 Å². The van der Waals surface area contributed by atoms with E-state index in [0.29, 0.717) is 18.8 Å². The SMILES string of the molecule is Cc1ccc(F)cc1NC(=O)C(C)N1CCCN(C(=O)C(C)C)CC1. The van der Waals surface area contributed by atoms with Gasteiger partial charge in [-0.1, -0.05) is 19.9 Å². The van der Waals surface area contributed by atoms with Gasteiger partial charge in [0.25, 0.3) is 0 Å². The number of aryl methyl sites for hydroxylation is 1. The van der Waals surface area contributed by atoms with E-state index < -0.39 is 0 Å². The molecule has 1 heterocycles. The van der Waals surface area contributed by atoms with Crippen LogP contribution in [0.1, 0.15) is 32.8 Å². The molecule has 1 aliphatic rings. The second-order valence-electron chi connectivity index (χ2n) is 6.99. The van der Waals surface area contributed by atoms with E-state index in [1.807, 2.05) is 32.6 Å². The summed E-state index contributed by atoms with van der Waals surface area (Å²) < 4.78 is 13.4. The van der Waals surface area contributed by atoms with E-state index >= 15 is 0 Å². The number of nitrogens with one attached hydrogen (secondary N) is 1. The highest BCUT2D eigenvalue weighted by molar-refractivity contribution is 5.95. The third kappa shape index (κ3) is 5.01. The molecule has 6 heteroatoms. The van der Waals surface area contributed by atoms with Crippen LogP contribution in [-0.2, 0) is 9.59 Å². The Hall–Kier alpha value is -1.95. The molecule has 0 aromatic heterocycles. The first-order chi connectivity index (χ1) is 11.8. The van der Waals surface area contributed by atoms with Crippen LogP contribution in [-0.4, -0.2) is 53.8 Å². The monoisotopic (exact) mass is 349 g/mol. The van der Waals surface area contributed by atoms with E-state index in [2.05, 4.69) is 10.2 Å². The molecule has 1 saturated heterocycles. The number of hydrogen-bond acceptors (Lipinski definition) is 3. The molecule has 138 valence electrons. The molecule has 1 N–H and O–H groups in total. The molecule has 0 spiro atoms. The molecular formula is C19H28FN3O2. The largest absolute Gasteiger partial charge is 0.341 e. The summed E-state index contributed by atoms with van der Waals surface area (Å²) in [4.78, 5) is 28.7. The van der Waals surface area contributed by atoms with Gasteiger partial charge in [-0.2, -0.15) is 0 Å². The van der Waals surface area contributed by atoms with Crippen molar-refractivity contribution in [2.24, 2.45) is 5.92 Å². The third-order valence-corrected chi connectivity index (χ3v) is 4.72. The number of benzene rings is 1. The smallest absolute Gasteiger partial charge is 0.241 e. The molecule has 1 unspecified atom stereocenters. The van der Waals surface area contributed by atoms with Crippen LogP contribution in [0, 0.1) is 18.7 Å². The molecule has 1 aromatic rings. The van der Waals surface area contributed by atoms with E-state index in [0.717, 1.165) is 25.1 Å². The van der Waals surface area contributed by atoms with E-state index in [9.17, 15) is 14.0 Å². The third-order valence-electron chi connectivity index (χ3n) is 4.72. The van der Waals surface area contributed by atoms with Crippen molar-refractivity contribution in [1.29, 1.82) is 0 Å². The van der Waals surface area contributed by atoms with Gasteiger partial charge < -0.3 is 10.2 Å². The first kappa shape index (κ1) is 19.4. The van der Waals surface area contributed by atoms with Gasteiger partial charge in [0.05, 0.1) is 6.04 Å². The summed E-state index contributed by atoms with van der Waals surface area (Å²) in [7, 11) is 0. The van der Waals surface area contributed by atoms with Gasteiger partial charge in [0.2, 0.25) is 11.8 Å². The van der Waals surface area contributed by atoms with E-state index in [-0.39, 0.29) is 29.6 Å². The average Bonchev–Trinajstić information content (AvgIpc) is 2.82. The quantitative estimate of drug-likeness (QED) is 0.909. The minimum atomic E-state index is -0.369. The normalized spacial score (nSPS) is 17.3. The summed E-state index contributed by atoms with van der Waals surface area (Å²) >= 11 is 0. The first-order valence-electron chi connectivity index (χ1n) is 8.89. The van der Waals surface area contributed by atoms with Gasteiger partial charge in [-0.25, -0.2) is 4.39 Å². The number of nitrogens with zero attached hydrogens (tertiary/aromatic N) is 2. The maximum atomic E-state index is 13.4.